The zero-order valence-corrected chi connectivity index (χ0v) is 11.8. The Hall–Kier alpha value is -1.95. The van der Waals surface area contributed by atoms with Gasteiger partial charge in [-0.2, -0.15) is 5.10 Å². The van der Waals surface area contributed by atoms with Gasteiger partial charge in [-0.05, 0) is 37.8 Å². The van der Waals surface area contributed by atoms with Crippen molar-refractivity contribution < 1.29 is 9.53 Å². The van der Waals surface area contributed by atoms with Gasteiger partial charge in [-0.25, -0.2) is 9.50 Å². The van der Waals surface area contributed by atoms with Gasteiger partial charge >= 0.3 is 0 Å². The zero-order valence-electron chi connectivity index (χ0n) is 11.8. The van der Waals surface area contributed by atoms with Gasteiger partial charge in [0.2, 0.25) is 0 Å². The molecule has 1 saturated carbocycles. The maximum absolute atomic E-state index is 12.2. The minimum Gasteiger partial charge on any atom is -0.368 e. The first-order valence-electron chi connectivity index (χ1n) is 7.59. The van der Waals surface area contributed by atoms with E-state index in [9.17, 15) is 4.79 Å². The number of ether oxygens (including phenoxy) is 1. The fourth-order valence-corrected chi connectivity index (χ4v) is 2.86. The van der Waals surface area contributed by atoms with Crippen molar-refractivity contribution in [3.05, 3.63) is 24.2 Å². The van der Waals surface area contributed by atoms with Crippen LogP contribution in [0.5, 0.6) is 0 Å². The third kappa shape index (κ3) is 2.29. The SMILES string of the molecule is O=C(Nc1cccn2nc(C3CCC3)nc12)[C@@H]1CCCO1. The number of nitrogens with zero attached hydrogens (tertiary/aromatic N) is 3. The molecule has 1 N–H and O–H groups in total. The number of carbonyl (C=O) groups is 1. The molecular weight excluding hydrogens is 268 g/mol. The quantitative estimate of drug-likeness (QED) is 0.938. The highest BCUT2D eigenvalue weighted by Gasteiger charge is 2.26. The first-order valence-corrected chi connectivity index (χ1v) is 7.59. The first-order chi connectivity index (χ1) is 10.3. The minimum atomic E-state index is -0.334. The van der Waals surface area contributed by atoms with Crippen molar-refractivity contribution >= 4 is 17.2 Å². The molecule has 21 heavy (non-hydrogen) atoms. The summed E-state index contributed by atoms with van der Waals surface area (Å²) < 4.78 is 7.16. The van der Waals surface area contributed by atoms with Gasteiger partial charge in [-0.1, -0.05) is 6.42 Å². The van der Waals surface area contributed by atoms with E-state index in [2.05, 4.69) is 15.4 Å². The number of anilines is 1. The zero-order chi connectivity index (χ0) is 14.2. The Morgan fingerprint density at radius 2 is 2.24 bits per heavy atom. The van der Waals surface area contributed by atoms with Crippen molar-refractivity contribution in [2.24, 2.45) is 0 Å². The molecule has 2 fully saturated rings. The maximum Gasteiger partial charge on any atom is 0.253 e. The largest absolute Gasteiger partial charge is 0.368 e. The summed E-state index contributed by atoms with van der Waals surface area (Å²) in [4.78, 5) is 16.8. The lowest BCUT2D eigenvalue weighted by molar-refractivity contribution is -0.124. The number of fused-ring (bicyclic) bond motifs is 1. The highest BCUT2D eigenvalue weighted by Crippen LogP contribution is 2.35. The van der Waals surface area contributed by atoms with E-state index in [0.717, 1.165) is 31.5 Å². The summed E-state index contributed by atoms with van der Waals surface area (Å²) in [6, 6.07) is 3.73. The molecule has 1 aliphatic carbocycles. The summed E-state index contributed by atoms with van der Waals surface area (Å²) in [5.74, 6) is 1.28. The Balaban J connectivity index is 1.61. The van der Waals surface area contributed by atoms with Crippen LogP contribution in [0.15, 0.2) is 18.3 Å². The van der Waals surface area contributed by atoms with E-state index in [0.29, 0.717) is 23.9 Å². The van der Waals surface area contributed by atoms with Crippen molar-refractivity contribution in [2.75, 3.05) is 11.9 Å². The number of nitrogens with one attached hydrogen (secondary N) is 1. The van der Waals surface area contributed by atoms with Gasteiger partial charge in [-0.3, -0.25) is 4.79 Å². The molecule has 2 aromatic heterocycles. The highest BCUT2D eigenvalue weighted by atomic mass is 16.5. The van der Waals surface area contributed by atoms with E-state index in [-0.39, 0.29) is 12.0 Å². The maximum atomic E-state index is 12.2. The molecule has 1 aliphatic heterocycles. The molecule has 3 heterocycles. The van der Waals surface area contributed by atoms with E-state index >= 15 is 0 Å². The molecule has 2 aromatic rings. The standard InChI is InChI=1S/C15H18N4O2/c20-15(12-7-3-9-21-12)16-11-6-2-8-19-14(11)17-13(18-19)10-4-1-5-10/h2,6,8,10,12H,1,3-5,7,9H2,(H,16,20)/t12-/m0/s1. The molecule has 4 rings (SSSR count). The number of hydrogen-bond acceptors (Lipinski definition) is 4. The number of carbonyl (C=O) groups excluding carboxylic acids is 1. The van der Waals surface area contributed by atoms with Crippen molar-refractivity contribution in [3.8, 4) is 0 Å². The minimum absolute atomic E-state index is 0.0891. The monoisotopic (exact) mass is 286 g/mol. The molecule has 0 radical (unpaired) electrons. The molecule has 1 saturated heterocycles. The van der Waals surface area contributed by atoms with Gasteiger partial charge < -0.3 is 10.1 Å². The van der Waals surface area contributed by atoms with Gasteiger partial charge in [0.25, 0.3) is 5.91 Å². The number of rotatable bonds is 3. The Morgan fingerprint density at radius 1 is 1.33 bits per heavy atom. The predicted octanol–water partition coefficient (Wildman–Crippen LogP) is 2.11. The summed E-state index contributed by atoms with van der Waals surface area (Å²) in [6.45, 7) is 0.666. The van der Waals surface area contributed by atoms with E-state index in [1.165, 1.54) is 6.42 Å². The number of amides is 1. The molecule has 1 amide bonds. The molecule has 6 nitrogen and oxygen atoms in total. The summed E-state index contributed by atoms with van der Waals surface area (Å²) in [6.07, 6.45) is 6.84. The van der Waals surface area contributed by atoms with Crippen LogP contribution >= 0.6 is 0 Å². The second-order valence-electron chi connectivity index (χ2n) is 5.78. The Kier molecular flexibility index (Phi) is 3.11. The third-order valence-electron chi connectivity index (χ3n) is 4.33. The van der Waals surface area contributed by atoms with Crippen molar-refractivity contribution in [1.82, 2.24) is 14.6 Å². The fourth-order valence-electron chi connectivity index (χ4n) is 2.86. The second-order valence-corrected chi connectivity index (χ2v) is 5.78. The summed E-state index contributed by atoms with van der Waals surface area (Å²) in [5.41, 5.74) is 1.42. The van der Waals surface area contributed by atoms with Gasteiger partial charge in [0, 0.05) is 18.7 Å². The highest BCUT2D eigenvalue weighted by molar-refractivity contribution is 5.97. The van der Waals surface area contributed by atoms with Crippen molar-refractivity contribution in [1.29, 1.82) is 0 Å². The van der Waals surface area contributed by atoms with E-state index in [1.54, 1.807) is 4.52 Å². The van der Waals surface area contributed by atoms with Crippen LogP contribution in [0.3, 0.4) is 0 Å². The van der Waals surface area contributed by atoms with Gasteiger partial charge in [-0.15, -0.1) is 0 Å². The van der Waals surface area contributed by atoms with Crippen LogP contribution < -0.4 is 5.32 Å². The Labute approximate surface area is 122 Å². The molecule has 6 heteroatoms. The van der Waals surface area contributed by atoms with Gasteiger partial charge in [0.05, 0.1) is 5.69 Å². The molecule has 0 spiro atoms. The van der Waals surface area contributed by atoms with Crippen LogP contribution in [0.4, 0.5) is 5.69 Å². The van der Waals surface area contributed by atoms with Crippen LogP contribution in [0.1, 0.15) is 43.8 Å². The summed E-state index contributed by atoms with van der Waals surface area (Å²) in [7, 11) is 0. The first kappa shape index (κ1) is 12.8. The number of hydrogen-bond donors (Lipinski definition) is 1. The molecule has 0 unspecified atom stereocenters. The molecule has 1 atom stereocenters. The fraction of sp³-hybridized carbons (Fsp3) is 0.533. The van der Waals surface area contributed by atoms with Crippen LogP contribution in [0.2, 0.25) is 0 Å². The lowest BCUT2D eigenvalue weighted by Crippen LogP contribution is -2.27. The average Bonchev–Trinajstić information content (AvgIpc) is 3.05. The lowest BCUT2D eigenvalue weighted by Gasteiger charge is -2.21. The number of aromatic nitrogens is 3. The Bertz CT molecular complexity index is 671. The van der Waals surface area contributed by atoms with E-state index < -0.39 is 0 Å². The summed E-state index contributed by atoms with van der Waals surface area (Å²) >= 11 is 0. The molecular formula is C15H18N4O2. The van der Waals surface area contributed by atoms with Crippen LogP contribution in [0.25, 0.3) is 5.65 Å². The predicted molar refractivity (Wildman–Crippen MR) is 77.2 cm³/mol. The normalized spacial score (nSPS) is 22.4. The number of pyridine rings is 1. The lowest BCUT2D eigenvalue weighted by atomic mass is 9.85. The molecule has 2 aliphatic rings. The van der Waals surface area contributed by atoms with Gasteiger partial charge in [0.15, 0.2) is 11.5 Å². The topological polar surface area (TPSA) is 68.5 Å². The Morgan fingerprint density at radius 3 is 2.95 bits per heavy atom. The summed E-state index contributed by atoms with van der Waals surface area (Å²) in [5, 5.41) is 7.45. The van der Waals surface area contributed by atoms with Crippen molar-refractivity contribution in [2.45, 2.75) is 44.1 Å². The van der Waals surface area contributed by atoms with Gasteiger partial charge in [0.1, 0.15) is 6.10 Å². The van der Waals surface area contributed by atoms with Crippen molar-refractivity contribution in [3.63, 3.8) is 0 Å². The third-order valence-corrected chi connectivity index (χ3v) is 4.33. The molecule has 110 valence electrons. The van der Waals surface area contributed by atoms with E-state index in [4.69, 9.17) is 4.74 Å². The molecule has 0 bridgehead atoms. The van der Waals surface area contributed by atoms with Crippen LogP contribution in [-0.2, 0) is 9.53 Å². The van der Waals surface area contributed by atoms with Crippen LogP contribution in [-0.4, -0.2) is 33.2 Å². The average molecular weight is 286 g/mol. The molecule has 0 aromatic carbocycles. The van der Waals surface area contributed by atoms with Crippen LogP contribution in [0, 0.1) is 0 Å². The van der Waals surface area contributed by atoms with E-state index in [1.807, 2.05) is 18.3 Å². The second kappa shape index (κ2) is 5.11. The smallest absolute Gasteiger partial charge is 0.253 e.